The molecule has 1 aliphatic heterocycles. The lowest BCUT2D eigenvalue weighted by atomic mass is 10.2. The van der Waals surface area contributed by atoms with Gasteiger partial charge in [0.2, 0.25) is 0 Å². The van der Waals surface area contributed by atoms with Crippen LogP contribution in [0.15, 0.2) is 29.3 Å². The minimum absolute atomic E-state index is 0. The number of rotatable bonds is 6. The summed E-state index contributed by atoms with van der Waals surface area (Å²) >= 11 is 1.82. The highest BCUT2D eigenvalue weighted by Crippen LogP contribution is 2.13. The zero-order valence-electron chi connectivity index (χ0n) is 11.2. The lowest BCUT2D eigenvalue weighted by molar-refractivity contribution is 0.310. The average Bonchev–Trinajstić information content (AvgIpc) is 2.89. The molecule has 0 aliphatic carbocycles. The molecule has 1 aromatic rings. The SMILES string of the molecule is Br.Cc1ccc(OCCCCSC2=NCCN2)cc1. The maximum absolute atomic E-state index is 5.68. The largest absolute Gasteiger partial charge is 0.494 e. The smallest absolute Gasteiger partial charge is 0.156 e. The molecule has 0 atom stereocenters. The Morgan fingerprint density at radius 2 is 2.05 bits per heavy atom. The number of halogens is 1. The molecule has 0 fully saturated rings. The lowest BCUT2D eigenvalue weighted by Crippen LogP contribution is -2.15. The van der Waals surface area contributed by atoms with Crippen LogP contribution in [0.1, 0.15) is 18.4 Å². The molecule has 1 N–H and O–H groups in total. The van der Waals surface area contributed by atoms with Crippen LogP contribution in [0.2, 0.25) is 0 Å². The van der Waals surface area contributed by atoms with Gasteiger partial charge in [-0.3, -0.25) is 4.99 Å². The number of nitrogens with one attached hydrogen (secondary N) is 1. The number of benzene rings is 1. The van der Waals surface area contributed by atoms with Gasteiger partial charge in [0.15, 0.2) is 5.17 Å². The molecule has 1 aliphatic rings. The number of unbranched alkanes of at least 4 members (excludes halogenated alkanes) is 1. The van der Waals surface area contributed by atoms with Crippen molar-refractivity contribution in [1.29, 1.82) is 0 Å². The molecule has 106 valence electrons. The molecule has 19 heavy (non-hydrogen) atoms. The fourth-order valence-electron chi connectivity index (χ4n) is 1.67. The van der Waals surface area contributed by atoms with Crippen molar-refractivity contribution in [2.45, 2.75) is 19.8 Å². The van der Waals surface area contributed by atoms with Crippen molar-refractivity contribution < 1.29 is 4.74 Å². The Balaban J connectivity index is 0.00000180. The van der Waals surface area contributed by atoms with Crippen molar-refractivity contribution >= 4 is 33.9 Å². The van der Waals surface area contributed by atoms with E-state index in [0.29, 0.717) is 0 Å². The number of hydrogen-bond donors (Lipinski definition) is 1. The molecule has 3 nitrogen and oxygen atoms in total. The first kappa shape index (κ1) is 16.4. The predicted octanol–water partition coefficient (Wildman–Crippen LogP) is 3.42. The summed E-state index contributed by atoms with van der Waals surface area (Å²) < 4.78 is 5.68. The van der Waals surface area contributed by atoms with E-state index in [0.717, 1.165) is 49.2 Å². The molecule has 0 aromatic heterocycles. The van der Waals surface area contributed by atoms with Crippen molar-refractivity contribution in [3.05, 3.63) is 29.8 Å². The highest BCUT2D eigenvalue weighted by Gasteiger charge is 2.04. The van der Waals surface area contributed by atoms with Gasteiger partial charge >= 0.3 is 0 Å². The van der Waals surface area contributed by atoms with Crippen LogP contribution in [-0.4, -0.2) is 30.6 Å². The number of thioether (sulfide) groups is 1. The quantitative estimate of drug-likeness (QED) is 0.802. The van der Waals surface area contributed by atoms with Gasteiger partial charge < -0.3 is 10.1 Å². The molecule has 0 saturated heterocycles. The normalized spacial score (nSPS) is 13.4. The highest BCUT2D eigenvalue weighted by atomic mass is 79.9. The van der Waals surface area contributed by atoms with E-state index in [4.69, 9.17) is 4.74 Å². The average molecular weight is 345 g/mol. The lowest BCUT2D eigenvalue weighted by Gasteiger charge is -2.06. The summed E-state index contributed by atoms with van der Waals surface area (Å²) in [7, 11) is 0. The molecule has 0 bridgehead atoms. The van der Waals surface area contributed by atoms with E-state index in [9.17, 15) is 0 Å². The maximum Gasteiger partial charge on any atom is 0.156 e. The van der Waals surface area contributed by atoms with E-state index in [1.807, 2.05) is 23.9 Å². The zero-order chi connectivity index (χ0) is 12.6. The van der Waals surface area contributed by atoms with Gasteiger partial charge in [-0.05, 0) is 31.9 Å². The molecule has 0 unspecified atom stereocenters. The molecule has 1 aromatic carbocycles. The fraction of sp³-hybridized carbons (Fsp3) is 0.500. The topological polar surface area (TPSA) is 33.6 Å². The molecule has 1 heterocycles. The summed E-state index contributed by atoms with van der Waals surface area (Å²) in [5, 5.41) is 4.37. The molecule has 0 saturated carbocycles. The summed E-state index contributed by atoms with van der Waals surface area (Å²) in [6.45, 7) is 4.81. The third-order valence-electron chi connectivity index (χ3n) is 2.71. The number of hydrogen-bond acceptors (Lipinski definition) is 4. The Labute approximate surface area is 130 Å². The Kier molecular flexibility index (Phi) is 7.98. The van der Waals surface area contributed by atoms with E-state index < -0.39 is 0 Å². The number of nitrogens with zero attached hydrogens (tertiary/aromatic N) is 1. The van der Waals surface area contributed by atoms with Crippen molar-refractivity contribution in [3.63, 3.8) is 0 Å². The van der Waals surface area contributed by atoms with Crippen LogP contribution in [0.5, 0.6) is 5.75 Å². The summed E-state index contributed by atoms with van der Waals surface area (Å²) in [4.78, 5) is 4.35. The first-order chi connectivity index (χ1) is 8.84. The summed E-state index contributed by atoms with van der Waals surface area (Å²) in [5.41, 5.74) is 1.27. The highest BCUT2D eigenvalue weighted by molar-refractivity contribution is 8.93. The number of ether oxygens (including phenoxy) is 1. The van der Waals surface area contributed by atoms with Crippen molar-refractivity contribution in [3.8, 4) is 5.75 Å². The molecule has 2 rings (SSSR count). The van der Waals surface area contributed by atoms with Crippen LogP contribution in [0.25, 0.3) is 0 Å². The van der Waals surface area contributed by atoms with Crippen LogP contribution in [0, 0.1) is 6.92 Å². The minimum atomic E-state index is 0. The summed E-state index contributed by atoms with van der Waals surface area (Å²) in [6, 6.07) is 8.21. The van der Waals surface area contributed by atoms with Crippen LogP contribution >= 0.6 is 28.7 Å². The second kappa shape index (κ2) is 9.26. The number of aliphatic imine (C=N–C) groups is 1. The Morgan fingerprint density at radius 3 is 2.74 bits per heavy atom. The van der Waals surface area contributed by atoms with Gasteiger partial charge in [0, 0.05) is 12.3 Å². The Bertz CT molecular complexity index is 395. The van der Waals surface area contributed by atoms with Crippen molar-refractivity contribution in [2.75, 3.05) is 25.4 Å². The predicted molar refractivity (Wildman–Crippen MR) is 89.0 cm³/mol. The molecular formula is C14H21BrN2OS. The van der Waals surface area contributed by atoms with E-state index in [-0.39, 0.29) is 17.0 Å². The van der Waals surface area contributed by atoms with Crippen LogP contribution < -0.4 is 10.1 Å². The van der Waals surface area contributed by atoms with Gasteiger partial charge in [0.05, 0.1) is 13.2 Å². The van der Waals surface area contributed by atoms with Crippen molar-refractivity contribution in [2.24, 2.45) is 4.99 Å². The van der Waals surface area contributed by atoms with Gasteiger partial charge in [-0.2, -0.15) is 0 Å². The second-order valence-electron chi connectivity index (χ2n) is 4.33. The number of aryl methyl sites for hydroxylation is 1. The first-order valence-corrected chi connectivity index (χ1v) is 7.44. The van der Waals surface area contributed by atoms with E-state index in [1.54, 1.807) is 0 Å². The van der Waals surface area contributed by atoms with Gasteiger partial charge in [-0.25, -0.2) is 0 Å². The van der Waals surface area contributed by atoms with E-state index >= 15 is 0 Å². The third kappa shape index (κ3) is 6.34. The second-order valence-corrected chi connectivity index (χ2v) is 5.41. The summed E-state index contributed by atoms with van der Waals surface area (Å²) in [6.07, 6.45) is 2.26. The van der Waals surface area contributed by atoms with Crippen LogP contribution in [-0.2, 0) is 0 Å². The van der Waals surface area contributed by atoms with Crippen LogP contribution in [0.3, 0.4) is 0 Å². The first-order valence-electron chi connectivity index (χ1n) is 6.45. The minimum Gasteiger partial charge on any atom is -0.494 e. The zero-order valence-corrected chi connectivity index (χ0v) is 13.8. The molecule has 5 heteroatoms. The monoisotopic (exact) mass is 344 g/mol. The summed E-state index contributed by atoms with van der Waals surface area (Å²) in [5.74, 6) is 2.08. The molecule has 0 amide bonds. The molecular weight excluding hydrogens is 324 g/mol. The van der Waals surface area contributed by atoms with Gasteiger partial charge in [-0.1, -0.05) is 29.5 Å². The number of amidine groups is 1. The molecule has 0 spiro atoms. The molecule has 0 radical (unpaired) electrons. The van der Waals surface area contributed by atoms with Gasteiger partial charge in [0.1, 0.15) is 5.75 Å². The maximum atomic E-state index is 5.68. The Morgan fingerprint density at radius 1 is 1.26 bits per heavy atom. The standard InChI is InChI=1S/C14H20N2OS.BrH/c1-12-4-6-13(7-5-12)17-10-2-3-11-18-14-15-8-9-16-14;/h4-7H,2-3,8-11H2,1H3,(H,15,16);1H. The fourth-order valence-corrected chi connectivity index (χ4v) is 2.60. The third-order valence-corrected chi connectivity index (χ3v) is 3.75. The van der Waals surface area contributed by atoms with Crippen LogP contribution in [0.4, 0.5) is 0 Å². The Hall–Kier alpha value is -0.680. The van der Waals surface area contributed by atoms with E-state index in [1.165, 1.54) is 5.56 Å². The van der Waals surface area contributed by atoms with Gasteiger partial charge in [-0.15, -0.1) is 17.0 Å². The van der Waals surface area contributed by atoms with Gasteiger partial charge in [0.25, 0.3) is 0 Å². The van der Waals surface area contributed by atoms with Crippen molar-refractivity contribution in [1.82, 2.24) is 5.32 Å². The van der Waals surface area contributed by atoms with E-state index in [2.05, 4.69) is 29.4 Å².